The van der Waals surface area contributed by atoms with Crippen LogP contribution in [0.5, 0.6) is 0 Å². The van der Waals surface area contributed by atoms with Gasteiger partial charge in [-0.3, -0.25) is 0 Å². The number of hydrogen-bond acceptors (Lipinski definition) is 2. The van der Waals surface area contributed by atoms with Gasteiger partial charge in [-0.2, -0.15) is 0 Å². The van der Waals surface area contributed by atoms with Crippen molar-refractivity contribution < 1.29 is 4.74 Å². The first kappa shape index (κ1) is 10.7. The molecule has 1 heterocycles. The van der Waals surface area contributed by atoms with Crippen LogP contribution in [0.25, 0.3) is 0 Å². The third-order valence-electron chi connectivity index (χ3n) is 3.00. The number of rotatable bonds is 1. The molecule has 2 heteroatoms. The molecule has 1 saturated heterocycles. The van der Waals surface area contributed by atoms with Gasteiger partial charge in [0.15, 0.2) is 0 Å². The maximum atomic E-state index is 5.86. The molecule has 0 saturated carbocycles. The molecule has 82 valence electrons. The zero-order chi connectivity index (χ0) is 10.9. The van der Waals surface area contributed by atoms with Gasteiger partial charge in [0.2, 0.25) is 0 Å². The van der Waals surface area contributed by atoms with Gasteiger partial charge in [-0.25, -0.2) is 0 Å². The van der Waals surface area contributed by atoms with E-state index in [0.29, 0.717) is 0 Å². The summed E-state index contributed by atoms with van der Waals surface area (Å²) >= 11 is 0. The van der Waals surface area contributed by atoms with Crippen LogP contribution in [0.1, 0.15) is 31.1 Å². The van der Waals surface area contributed by atoms with E-state index in [4.69, 9.17) is 4.74 Å². The Balaban J connectivity index is 2.25. The normalized spacial score (nSPS) is 25.1. The molecule has 1 atom stereocenters. The molecule has 0 radical (unpaired) electrons. The van der Waals surface area contributed by atoms with E-state index in [0.717, 1.165) is 13.2 Å². The Morgan fingerprint density at radius 2 is 1.93 bits per heavy atom. The number of aryl methyl sites for hydroxylation is 1. The van der Waals surface area contributed by atoms with Crippen molar-refractivity contribution in [3.63, 3.8) is 0 Å². The van der Waals surface area contributed by atoms with Gasteiger partial charge in [-0.15, -0.1) is 0 Å². The minimum Gasteiger partial charge on any atom is -0.370 e. The Morgan fingerprint density at radius 3 is 2.53 bits per heavy atom. The van der Waals surface area contributed by atoms with Gasteiger partial charge in [0.1, 0.15) is 6.10 Å². The lowest BCUT2D eigenvalue weighted by Crippen LogP contribution is -2.51. The number of morpholine rings is 1. The fraction of sp³-hybridized carbons (Fsp3) is 0.538. The van der Waals surface area contributed by atoms with Crippen molar-refractivity contribution in [2.45, 2.75) is 32.4 Å². The SMILES string of the molecule is Cc1ccc(C2OCCNC2(C)C)cc1. The van der Waals surface area contributed by atoms with Crippen molar-refractivity contribution in [3.8, 4) is 0 Å². The largest absolute Gasteiger partial charge is 0.370 e. The molecule has 0 aliphatic carbocycles. The predicted octanol–water partition coefficient (Wildman–Crippen LogP) is 2.43. The Morgan fingerprint density at radius 1 is 1.27 bits per heavy atom. The average molecular weight is 205 g/mol. The van der Waals surface area contributed by atoms with Crippen LogP contribution < -0.4 is 5.32 Å². The van der Waals surface area contributed by atoms with Gasteiger partial charge in [0.05, 0.1) is 6.61 Å². The average Bonchev–Trinajstić information content (AvgIpc) is 2.19. The van der Waals surface area contributed by atoms with Crippen LogP contribution in [0, 0.1) is 6.92 Å². The van der Waals surface area contributed by atoms with E-state index in [9.17, 15) is 0 Å². The van der Waals surface area contributed by atoms with Crippen LogP contribution in [0.2, 0.25) is 0 Å². The molecular weight excluding hydrogens is 186 g/mol. The molecular formula is C13H19NO. The van der Waals surface area contributed by atoms with Crippen LogP contribution >= 0.6 is 0 Å². The molecule has 1 aliphatic rings. The summed E-state index contributed by atoms with van der Waals surface area (Å²) in [5.41, 5.74) is 2.58. The van der Waals surface area contributed by atoms with Gasteiger partial charge in [-0.05, 0) is 26.3 Å². The lowest BCUT2D eigenvalue weighted by molar-refractivity contribution is -0.0388. The summed E-state index contributed by atoms with van der Waals surface area (Å²) in [6.07, 6.45) is 0.159. The van der Waals surface area contributed by atoms with Gasteiger partial charge < -0.3 is 10.1 Å². The van der Waals surface area contributed by atoms with Crippen molar-refractivity contribution in [2.24, 2.45) is 0 Å². The Bertz CT molecular complexity index is 329. The topological polar surface area (TPSA) is 21.3 Å². The quantitative estimate of drug-likeness (QED) is 0.760. The van der Waals surface area contributed by atoms with Crippen LogP contribution in [0.3, 0.4) is 0 Å². The summed E-state index contributed by atoms with van der Waals surface area (Å²) in [4.78, 5) is 0. The molecule has 2 rings (SSSR count). The molecule has 1 fully saturated rings. The molecule has 2 nitrogen and oxygen atoms in total. The summed E-state index contributed by atoms with van der Waals surface area (Å²) in [6.45, 7) is 8.22. The summed E-state index contributed by atoms with van der Waals surface area (Å²) < 4.78 is 5.86. The molecule has 1 aliphatic heterocycles. The van der Waals surface area contributed by atoms with Crippen LogP contribution in [-0.4, -0.2) is 18.7 Å². The zero-order valence-corrected chi connectivity index (χ0v) is 9.71. The van der Waals surface area contributed by atoms with E-state index in [1.807, 2.05) is 0 Å². The molecule has 0 amide bonds. The summed E-state index contributed by atoms with van der Waals surface area (Å²) in [7, 11) is 0. The second kappa shape index (κ2) is 3.95. The minimum atomic E-state index is 0.0213. The number of hydrogen-bond donors (Lipinski definition) is 1. The highest BCUT2D eigenvalue weighted by Gasteiger charge is 2.33. The van der Waals surface area contributed by atoms with Crippen molar-refractivity contribution in [2.75, 3.05) is 13.2 Å². The third kappa shape index (κ3) is 2.21. The van der Waals surface area contributed by atoms with E-state index < -0.39 is 0 Å². The first-order valence-electron chi connectivity index (χ1n) is 5.53. The fourth-order valence-corrected chi connectivity index (χ4v) is 2.11. The van der Waals surface area contributed by atoms with Gasteiger partial charge in [0, 0.05) is 12.1 Å². The molecule has 0 bridgehead atoms. The number of benzene rings is 1. The van der Waals surface area contributed by atoms with Crippen LogP contribution in [0.4, 0.5) is 0 Å². The van der Waals surface area contributed by atoms with E-state index in [1.165, 1.54) is 11.1 Å². The third-order valence-corrected chi connectivity index (χ3v) is 3.00. The van der Waals surface area contributed by atoms with E-state index in [1.54, 1.807) is 0 Å². The highest BCUT2D eigenvalue weighted by molar-refractivity contribution is 5.25. The van der Waals surface area contributed by atoms with E-state index in [2.05, 4.69) is 50.4 Å². The summed E-state index contributed by atoms with van der Waals surface area (Å²) in [5, 5.41) is 3.50. The molecule has 0 aromatic heterocycles. The second-order valence-corrected chi connectivity index (χ2v) is 4.81. The zero-order valence-electron chi connectivity index (χ0n) is 9.71. The van der Waals surface area contributed by atoms with E-state index >= 15 is 0 Å². The lowest BCUT2D eigenvalue weighted by Gasteiger charge is -2.39. The smallest absolute Gasteiger partial charge is 0.100 e. The Labute approximate surface area is 91.6 Å². The first-order chi connectivity index (χ1) is 7.09. The van der Waals surface area contributed by atoms with Crippen molar-refractivity contribution in [1.29, 1.82) is 0 Å². The fourth-order valence-electron chi connectivity index (χ4n) is 2.11. The molecule has 1 aromatic rings. The lowest BCUT2D eigenvalue weighted by atomic mass is 9.89. The van der Waals surface area contributed by atoms with Gasteiger partial charge >= 0.3 is 0 Å². The second-order valence-electron chi connectivity index (χ2n) is 4.81. The van der Waals surface area contributed by atoms with E-state index in [-0.39, 0.29) is 11.6 Å². The van der Waals surface area contributed by atoms with Crippen LogP contribution in [-0.2, 0) is 4.74 Å². The predicted molar refractivity (Wildman–Crippen MR) is 62.0 cm³/mol. The standard InChI is InChI=1S/C13H19NO/c1-10-4-6-11(7-5-10)12-13(2,3)14-8-9-15-12/h4-7,12,14H,8-9H2,1-3H3. The highest BCUT2D eigenvalue weighted by Crippen LogP contribution is 2.31. The van der Waals surface area contributed by atoms with Crippen LogP contribution in [0.15, 0.2) is 24.3 Å². The van der Waals surface area contributed by atoms with Gasteiger partial charge in [0.25, 0.3) is 0 Å². The Hall–Kier alpha value is -0.860. The van der Waals surface area contributed by atoms with Crippen molar-refractivity contribution >= 4 is 0 Å². The molecule has 0 spiro atoms. The summed E-state index contributed by atoms with van der Waals surface area (Å²) in [6, 6.07) is 8.61. The maximum absolute atomic E-state index is 5.86. The Kier molecular flexibility index (Phi) is 2.81. The van der Waals surface area contributed by atoms with Gasteiger partial charge in [-0.1, -0.05) is 29.8 Å². The minimum absolute atomic E-state index is 0.0213. The summed E-state index contributed by atoms with van der Waals surface area (Å²) in [5.74, 6) is 0. The molecule has 15 heavy (non-hydrogen) atoms. The molecule has 1 N–H and O–H groups in total. The number of ether oxygens (including phenoxy) is 1. The molecule has 1 aromatic carbocycles. The highest BCUT2D eigenvalue weighted by atomic mass is 16.5. The maximum Gasteiger partial charge on any atom is 0.100 e. The monoisotopic (exact) mass is 205 g/mol. The van der Waals surface area contributed by atoms with Crippen molar-refractivity contribution in [1.82, 2.24) is 5.32 Å². The number of nitrogens with one attached hydrogen (secondary N) is 1. The first-order valence-corrected chi connectivity index (χ1v) is 5.53. The molecule has 1 unspecified atom stereocenters. The van der Waals surface area contributed by atoms with Crippen molar-refractivity contribution in [3.05, 3.63) is 35.4 Å².